The molecule has 1 aliphatic rings. The van der Waals surface area contributed by atoms with Crippen LogP contribution in [0.1, 0.15) is 50.7 Å². The molecule has 0 spiro atoms. The minimum Gasteiger partial charge on any atom is -0.496 e. The molecule has 0 bridgehead atoms. The third-order valence-electron chi connectivity index (χ3n) is 6.73. The van der Waals surface area contributed by atoms with Gasteiger partial charge in [-0.05, 0) is 62.9 Å². The standard InChI is InChI=1S/C26H38N2O2/c1-6-25(2)20-26(16-18-30-25,23-9-7-8-10-24(23)29-5)15-17-27-19-21-11-13-22(14-12-21)28(3)4/h7-14,27H,6,15-20H2,1-5H3/t25-,26+/m0/s1. The van der Waals surface area contributed by atoms with Gasteiger partial charge in [0.2, 0.25) is 0 Å². The molecule has 0 aliphatic carbocycles. The Hall–Kier alpha value is -2.04. The maximum Gasteiger partial charge on any atom is 0.122 e. The van der Waals surface area contributed by atoms with E-state index < -0.39 is 0 Å². The Labute approximate surface area is 182 Å². The molecule has 164 valence electrons. The van der Waals surface area contributed by atoms with Gasteiger partial charge in [-0.1, -0.05) is 37.3 Å². The highest BCUT2D eigenvalue weighted by Crippen LogP contribution is 2.47. The first-order valence-electron chi connectivity index (χ1n) is 11.2. The summed E-state index contributed by atoms with van der Waals surface area (Å²) in [6, 6.07) is 17.3. The molecule has 1 N–H and O–H groups in total. The van der Waals surface area contributed by atoms with Gasteiger partial charge in [0.15, 0.2) is 0 Å². The molecule has 0 aromatic heterocycles. The molecular weight excluding hydrogens is 372 g/mol. The van der Waals surface area contributed by atoms with Crippen molar-refractivity contribution in [3.05, 3.63) is 59.7 Å². The topological polar surface area (TPSA) is 33.7 Å². The van der Waals surface area contributed by atoms with Crippen LogP contribution in [-0.4, -0.2) is 40.0 Å². The molecule has 3 rings (SSSR count). The van der Waals surface area contributed by atoms with Crippen LogP contribution in [0.4, 0.5) is 5.69 Å². The van der Waals surface area contributed by atoms with E-state index >= 15 is 0 Å². The lowest BCUT2D eigenvalue weighted by molar-refractivity contribution is -0.0982. The zero-order valence-corrected chi connectivity index (χ0v) is 19.3. The molecule has 2 atom stereocenters. The second kappa shape index (κ2) is 9.84. The SMILES string of the molecule is CC[C@@]1(C)C[C@](CCNCc2ccc(N(C)C)cc2)(c2ccccc2OC)CCO1. The fourth-order valence-corrected chi connectivity index (χ4v) is 4.71. The maximum atomic E-state index is 6.21. The van der Waals surface area contributed by atoms with Gasteiger partial charge in [0.1, 0.15) is 5.75 Å². The van der Waals surface area contributed by atoms with Crippen LogP contribution in [0.2, 0.25) is 0 Å². The fourth-order valence-electron chi connectivity index (χ4n) is 4.71. The lowest BCUT2D eigenvalue weighted by Gasteiger charge is -2.47. The van der Waals surface area contributed by atoms with E-state index in [4.69, 9.17) is 9.47 Å². The summed E-state index contributed by atoms with van der Waals surface area (Å²) in [6.45, 7) is 7.14. The van der Waals surface area contributed by atoms with Crippen LogP contribution >= 0.6 is 0 Å². The van der Waals surface area contributed by atoms with Crippen LogP contribution in [0.25, 0.3) is 0 Å². The van der Waals surface area contributed by atoms with E-state index in [1.165, 1.54) is 16.8 Å². The van der Waals surface area contributed by atoms with Crippen molar-refractivity contribution in [3.8, 4) is 5.75 Å². The summed E-state index contributed by atoms with van der Waals surface area (Å²) in [7, 11) is 5.92. The number of nitrogens with zero attached hydrogens (tertiary/aromatic N) is 1. The number of benzene rings is 2. The van der Waals surface area contributed by atoms with Gasteiger partial charge in [0.25, 0.3) is 0 Å². The highest BCUT2D eigenvalue weighted by molar-refractivity contribution is 5.46. The molecule has 4 nitrogen and oxygen atoms in total. The Morgan fingerprint density at radius 3 is 2.50 bits per heavy atom. The fraction of sp³-hybridized carbons (Fsp3) is 0.538. The summed E-state index contributed by atoms with van der Waals surface area (Å²) < 4.78 is 12.0. The Morgan fingerprint density at radius 2 is 1.83 bits per heavy atom. The minimum absolute atomic E-state index is 0.0669. The van der Waals surface area contributed by atoms with Gasteiger partial charge in [0.05, 0.1) is 12.7 Å². The smallest absolute Gasteiger partial charge is 0.122 e. The van der Waals surface area contributed by atoms with Crippen LogP contribution < -0.4 is 15.0 Å². The number of ether oxygens (including phenoxy) is 2. The number of methoxy groups -OCH3 is 1. The molecule has 1 saturated heterocycles. The number of anilines is 1. The quantitative estimate of drug-likeness (QED) is 0.579. The van der Waals surface area contributed by atoms with E-state index in [2.05, 4.69) is 86.7 Å². The third kappa shape index (κ3) is 5.16. The minimum atomic E-state index is -0.0822. The van der Waals surface area contributed by atoms with Gasteiger partial charge in [-0.15, -0.1) is 0 Å². The van der Waals surface area contributed by atoms with E-state index in [1.54, 1.807) is 7.11 Å². The van der Waals surface area contributed by atoms with Crippen LogP contribution in [-0.2, 0) is 16.7 Å². The van der Waals surface area contributed by atoms with Gasteiger partial charge >= 0.3 is 0 Å². The van der Waals surface area contributed by atoms with Crippen molar-refractivity contribution in [2.24, 2.45) is 0 Å². The molecule has 0 saturated carbocycles. The van der Waals surface area contributed by atoms with Gasteiger partial charge < -0.3 is 19.7 Å². The Bertz CT molecular complexity index is 805. The molecule has 1 aliphatic heterocycles. The summed E-state index contributed by atoms with van der Waals surface area (Å²) >= 11 is 0. The van der Waals surface area contributed by atoms with Gasteiger partial charge in [-0.25, -0.2) is 0 Å². The first-order chi connectivity index (χ1) is 14.4. The average Bonchev–Trinajstić information content (AvgIpc) is 2.77. The van der Waals surface area contributed by atoms with E-state index in [0.717, 1.165) is 51.1 Å². The molecule has 0 unspecified atom stereocenters. The number of hydrogen-bond acceptors (Lipinski definition) is 4. The number of rotatable bonds is 9. The molecular formula is C26H38N2O2. The maximum absolute atomic E-state index is 6.21. The van der Waals surface area contributed by atoms with Crippen molar-refractivity contribution in [1.29, 1.82) is 0 Å². The summed E-state index contributed by atoms with van der Waals surface area (Å²) in [5.74, 6) is 0.997. The van der Waals surface area contributed by atoms with E-state index in [1.807, 2.05) is 0 Å². The summed E-state index contributed by atoms with van der Waals surface area (Å²) in [5.41, 5.74) is 3.86. The predicted molar refractivity (Wildman–Crippen MR) is 126 cm³/mol. The predicted octanol–water partition coefficient (Wildman–Crippen LogP) is 5.16. The average molecular weight is 411 g/mol. The Morgan fingerprint density at radius 1 is 1.10 bits per heavy atom. The monoisotopic (exact) mass is 410 g/mol. The zero-order valence-electron chi connectivity index (χ0n) is 19.3. The lowest BCUT2D eigenvalue weighted by Crippen LogP contribution is -2.46. The summed E-state index contributed by atoms with van der Waals surface area (Å²) in [4.78, 5) is 2.13. The van der Waals surface area contributed by atoms with E-state index in [0.29, 0.717) is 0 Å². The molecule has 2 aromatic rings. The van der Waals surface area contributed by atoms with Crippen molar-refractivity contribution in [3.63, 3.8) is 0 Å². The molecule has 0 amide bonds. The van der Waals surface area contributed by atoms with Crippen molar-refractivity contribution >= 4 is 5.69 Å². The molecule has 1 fully saturated rings. The molecule has 30 heavy (non-hydrogen) atoms. The van der Waals surface area contributed by atoms with Crippen molar-refractivity contribution in [2.75, 3.05) is 39.3 Å². The van der Waals surface area contributed by atoms with Crippen LogP contribution in [0.15, 0.2) is 48.5 Å². The van der Waals surface area contributed by atoms with E-state index in [9.17, 15) is 0 Å². The normalized spacial score (nSPS) is 23.9. The van der Waals surface area contributed by atoms with Crippen LogP contribution in [0.3, 0.4) is 0 Å². The van der Waals surface area contributed by atoms with Crippen molar-refractivity contribution in [2.45, 2.75) is 57.1 Å². The Balaban J connectivity index is 1.72. The van der Waals surface area contributed by atoms with E-state index in [-0.39, 0.29) is 11.0 Å². The van der Waals surface area contributed by atoms with Gasteiger partial charge in [-0.3, -0.25) is 0 Å². The number of hydrogen-bond donors (Lipinski definition) is 1. The second-order valence-electron chi connectivity index (χ2n) is 9.05. The van der Waals surface area contributed by atoms with Crippen molar-refractivity contribution < 1.29 is 9.47 Å². The molecule has 4 heteroatoms. The summed E-state index contributed by atoms with van der Waals surface area (Å²) in [5, 5.41) is 3.68. The largest absolute Gasteiger partial charge is 0.496 e. The molecule has 2 aromatic carbocycles. The van der Waals surface area contributed by atoms with Gasteiger partial charge in [0, 0.05) is 43.9 Å². The van der Waals surface area contributed by atoms with Crippen molar-refractivity contribution in [1.82, 2.24) is 5.32 Å². The first kappa shape index (κ1) is 22.6. The molecule has 0 radical (unpaired) electrons. The third-order valence-corrected chi connectivity index (χ3v) is 6.73. The first-order valence-corrected chi connectivity index (χ1v) is 11.2. The number of nitrogens with one attached hydrogen (secondary N) is 1. The Kier molecular flexibility index (Phi) is 7.43. The summed E-state index contributed by atoms with van der Waals surface area (Å²) in [6.07, 6.45) is 4.15. The molecule has 1 heterocycles. The highest BCUT2D eigenvalue weighted by Gasteiger charge is 2.44. The van der Waals surface area contributed by atoms with Crippen LogP contribution in [0, 0.1) is 0 Å². The highest BCUT2D eigenvalue weighted by atomic mass is 16.5. The van der Waals surface area contributed by atoms with Crippen LogP contribution in [0.5, 0.6) is 5.75 Å². The lowest BCUT2D eigenvalue weighted by atomic mass is 9.66. The van der Waals surface area contributed by atoms with Gasteiger partial charge in [-0.2, -0.15) is 0 Å². The zero-order chi connectivity index (χ0) is 21.6. The second-order valence-corrected chi connectivity index (χ2v) is 9.05. The number of para-hydroxylation sites is 1.